The molecule has 5 heteroatoms. The fraction of sp³-hybridized carbons (Fsp3) is 0.250. The zero-order valence-electron chi connectivity index (χ0n) is 4.66. The highest BCUT2D eigenvalue weighted by molar-refractivity contribution is 6.12. The van der Waals surface area contributed by atoms with E-state index >= 15 is 0 Å². The molecule has 1 heterocycles. The monoisotopic (exact) mass is 126 g/mol. The molecule has 0 saturated heterocycles. The zero-order chi connectivity index (χ0) is 6.85. The Morgan fingerprint density at radius 1 is 1.22 bits per heavy atom. The van der Waals surface area contributed by atoms with E-state index in [9.17, 15) is 4.79 Å². The van der Waals surface area contributed by atoms with E-state index < -0.39 is 6.03 Å². The van der Waals surface area contributed by atoms with Crippen molar-refractivity contribution in [3.8, 4) is 0 Å². The lowest BCUT2D eigenvalue weighted by Gasteiger charge is -2.02. The molecule has 0 radical (unpaired) electrons. The number of rotatable bonds is 0. The van der Waals surface area contributed by atoms with Crippen molar-refractivity contribution >= 4 is 17.7 Å². The first-order valence-corrected chi connectivity index (χ1v) is 2.38. The molecule has 0 aromatic heterocycles. The largest absolute Gasteiger partial charge is 0.387 e. The minimum Gasteiger partial charge on any atom is -0.387 e. The summed E-state index contributed by atoms with van der Waals surface area (Å²) in [6, 6.07) is -0.615. The summed E-state index contributed by atoms with van der Waals surface area (Å²) in [4.78, 5) is 17.0. The van der Waals surface area contributed by atoms with Crippen LogP contribution in [0.15, 0.2) is 9.98 Å². The van der Waals surface area contributed by atoms with Gasteiger partial charge in [-0.3, -0.25) is 0 Å². The van der Waals surface area contributed by atoms with Gasteiger partial charge in [0.1, 0.15) is 11.7 Å². The van der Waals surface area contributed by atoms with E-state index in [-0.39, 0.29) is 11.7 Å². The van der Waals surface area contributed by atoms with E-state index in [4.69, 9.17) is 11.5 Å². The van der Waals surface area contributed by atoms with Gasteiger partial charge in [0.2, 0.25) is 0 Å². The summed E-state index contributed by atoms with van der Waals surface area (Å²) in [5.41, 5.74) is 10.4. The van der Waals surface area contributed by atoms with E-state index in [2.05, 4.69) is 9.98 Å². The van der Waals surface area contributed by atoms with Crippen molar-refractivity contribution in [2.45, 2.75) is 6.42 Å². The van der Waals surface area contributed by atoms with Gasteiger partial charge in [-0.2, -0.15) is 9.98 Å². The molecule has 0 aromatic rings. The molecule has 0 spiro atoms. The second-order valence-electron chi connectivity index (χ2n) is 1.67. The number of hydrogen-bond donors (Lipinski definition) is 2. The maximum absolute atomic E-state index is 10.3. The van der Waals surface area contributed by atoms with Crippen LogP contribution in [0.2, 0.25) is 0 Å². The van der Waals surface area contributed by atoms with Gasteiger partial charge in [0.05, 0.1) is 6.42 Å². The number of urea groups is 1. The number of nitrogens with two attached hydrogens (primary N) is 2. The number of carbonyl (C=O) groups excluding carboxylic acids is 1. The normalized spacial score (nSPS) is 18.9. The quantitative estimate of drug-likeness (QED) is 0.446. The first-order valence-electron chi connectivity index (χ1n) is 2.38. The number of hydrogen-bond acceptors (Lipinski definition) is 3. The van der Waals surface area contributed by atoms with Crippen LogP contribution >= 0.6 is 0 Å². The van der Waals surface area contributed by atoms with Gasteiger partial charge < -0.3 is 11.5 Å². The molecular weight excluding hydrogens is 120 g/mol. The number of amides is 2. The number of carbonyl (C=O) groups is 1. The molecule has 1 aliphatic rings. The molecule has 4 N–H and O–H groups in total. The maximum Gasteiger partial charge on any atom is 0.370 e. The van der Waals surface area contributed by atoms with Crippen molar-refractivity contribution in [2.75, 3.05) is 0 Å². The minimum absolute atomic E-state index is 0.229. The van der Waals surface area contributed by atoms with Gasteiger partial charge in [-0.05, 0) is 0 Å². The van der Waals surface area contributed by atoms with Crippen LogP contribution in [0, 0.1) is 0 Å². The van der Waals surface area contributed by atoms with Crippen LogP contribution in [0.5, 0.6) is 0 Å². The number of nitrogens with zero attached hydrogens (tertiary/aromatic N) is 2. The Labute approximate surface area is 51.5 Å². The fourth-order valence-electron chi connectivity index (χ4n) is 0.535. The Kier molecular flexibility index (Phi) is 1.18. The lowest BCUT2D eigenvalue weighted by molar-refractivity contribution is 0.256. The molecule has 5 nitrogen and oxygen atoms in total. The summed E-state index contributed by atoms with van der Waals surface area (Å²) in [6.07, 6.45) is 0.297. The second-order valence-corrected chi connectivity index (χ2v) is 1.67. The van der Waals surface area contributed by atoms with E-state index in [0.29, 0.717) is 6.42 Å². The summed E-state index contributed by atoms with van der Waals surface area (Å²) in [7, 11) is 0. The smallest absolute Gasteiger partial charge is 0.370 e. The third-order valence-corrected chi connectivity index (χ3v) is 0.841. The average Bonchev–Trinajstić information content (AvgIpc) is 1.59. The van der Waals surface area contributed by atoms with Gasteiger partial charge in [0.25, 0.3) is 0 Å². The highest BCUT2D eigenvalue weighted by Crippen LogP contribution is 1.93. The lowest BCUT2D eigenvalue weighted by Crippen LogP contribution is -2.27. The van der Waals surface area contributed by atoms with Crippen LogP contribution in [0.3, 0.4) is 0 Å². The van der Waals surface area contributed by atoms with E-state index in [0.717, 1.165) is 0 Å². The highest BCUT2D eigenvalue weighted by atomic mass is 16.2. The summed E-state index contributed by atoms with van der Waals surface area (Å²) >= 11 is 0. The Bertz CT molecular complexity index is 185. The summed E-state index contributed by atoms with van der Waals surface area (Å²) < 4.78 is 0. The molecule has 0 unspecified atom stereocenters. The third-order valence-electron chi connectivity index (χ3n) is 0.841. The van der Waals surface area contributed by atoms with Gasteiger partial charge in [-0.25, -0.2) is 4.79 Å². The van der Waals surface area contributed by atoms with Gasteiger partial charge >= 0.3 is 6.03 Å². The van der Waals surface area contributed by atoms with E-state index in [1.807, 2.05) is 0 Å². The summed E-state index contributed by atoms with van der Waals surface area (Å²) in [5.74, 6) is 0.458. The molecule has 0 bridgehead atoms. The van der Waals surface area contributed by atoms with Crippen molar-refractivity contribution in [1.82, 2.24) is 0 Å². The molecule has 2 amide bonds. The SMILES string of the molecule is NC1=NC(=O)N=C(N)C1. The Balaban J connectivity index is 2.81. The van der Waals surface area contributed by atoms with Crippen LogP contribution in [-0.4, -0.2) is 17.7 Å². The van der Waals surface area contributed by atoms with Crippen LogP contribution in [-0.2, 0) is 0 Å². The van der Waals surface area contributed by atoms with Crippen molar-refractivity contribution in [1.29, 1.82) is 0 Å². The topological polar surface area (TPSA) is 93.8 Å². The minimum atomic E-state index is -0.615. The van der Waals surface area contributed by atoms with Crippen LogP contribution in [0.1, 0.15) is 6.42 Å². The van der Waals surface area contributed by atoms with Crippen molar-refractivity contribution in [2.24, 2.45) is 21.5 Å². The molecule has 0 fully saturated rings. The fourth-order valence-corrected chi connectivity index (χ4v) is 0.535. The van der Waals surface area contributed by atoms with Gasteiger partial charge in [-0.15, -0.1) is 0 Å². The van der Waals surface area contributed by atoms with Crippen LogP contribution in [0.25, 0.3) is 0 Å². The van der Waals surface area contributed by atoms with Gasteiger partial charge in [-0.1, -0.05) is 0 Å². The lowest BCUT2D eigenvalue weighted by atomic mass is 10.3. The Hall–Kier alpha value is -1.39. The number of aliphatic imine (C=N–C) groups is 2. The summed E-state index contributed by atoms with van der Waals surface area (Å²) in [6.45, 7) is 0. The molecule has 0 saturated carbocycles. The van der Waals surface area contributed by atoms with Gasteiger partial charge in [0.15, 0.2) is 0 Å². The average molecular weight is 126 g/mol. The molecule has 0 aliphatic carbocycles. The first-order chi connectivity index (χ1) is 4.18. The standard InChI is InChI=1S/C4H6N4O/c5-2-1-3(6)8-4(9)7-2/h1H2,(H4,5,6,7,8,9). The second kappa shape index (κ2) is 1.85. The molecule has 9 heavy (non-hydrogen) atoms. The van der Waals surface area contributed by atoms with Crippen molar-refractivity contribution < 1.29 is 4.79 Å². The molecule has 0 aromatic carbocycles. The summed E-state index contributed by atoms with van der Waals surface area (Å²) in [5, 5.41) is 0. The predicted octanol–water partition coefficient (Wildman–Crippen LogP) is -0.776. The molecule has 1 aliphatic heterocycles. The van der Waals surface area contributed by atoms with E-state index in [1.54, 1.807) is 0 Å². The molecular formula is C4H6N4O. The Morgan fingerprint density at radius 2 is 1.67 bits per heavy atom. The molecule has 1 rings (SSSR count). The number of amidine groups is 2. The van der Waals surface area contributed by atoms with Crippen LogP contribution in [0.4, 0.5) is 4.79 Å². The highest BCUT2D eigenvalue weighted by Gasteiger charge is 2.08. The Morgan fingerprint density at radius 3 is 2.00 bits per heavy atom. The van der Waals surface area contributed by atoms with Crippen molar-refractivity contribution in [3.63, 3.8) is 0 Å². The van der Waals surface area contributed by atoms with Gasteiger partial charge in [0, 0.05) is 0 Å². The van der Waals surface area contributed by atoms with E-state index in [1.165, 1.54) is 0 Å². The third kappa shape index (κ3) is 1.25. The molecule has 48 valence electrons. The van der Waals surface area contributed by atoms with Crippen LogP contribution < -0.4 is 11.5 Å². The zero-order valence-corrected chi connectivity index (χ0v) is 4.66. The maximum atomic E-state index is 10.3. The first kappa shape index (κ1) is 5.74. The van der Waals surface area contributed by atoms with Crippen molar-refractivity contribution in [3.05, 3.63) is 0 Å². The molecule has 0 atom stereocenters. The predicted molar refractivity (Wildman–Crippen MR) is 33.3 cm³/mol.